The predicted octanol–water partition coefficient (Wildman–Crippen LogP) is 3.40. The van der Waals surface area contributed by atoms with Crippen LogP contribution in [0.25, 0.3) is 11.2 Å². The number of nitrogens with zero attached hydrogens (tertiary/aromatic N) is 4. The van der Waals surface area contributed by atoms with Crippen molar-refractivity contribution >= 4 is 44.4 Å². The lowest BCUT2D eigenvalue weighted by molar-refractivity contribution is 0.657. The number of halogens is 1. The molecule has 0 spiro atoms. The number of rotatable bonds is 3. The summed E-state index contributed by atoms with van der Waals surface area (Å²) in [5.74, 6) is 0.464. The molecule has 0 saturated carbocycles. The van der Waals surface area contributed by atoms with Gasteiger partial charge in [-0.05, 0) is 35.3 Å². The van der Waals surface area contributed by atoms with Gasteiger partial charge in [0.25, 0.3) is 0 Å². The Bertz CT molecular complexity index is 763. The van der Waals surface area contributed by atoms with Crippen molar-refractivity contribution in [3.8, 4) is 0 Å². The molecule has 3 heterocycles. The SMILES string of the molecule is CCc1cnc(C(C)n2c(N)nc3cc(Br)cnc32)s1. The van der Waals surface area contributed by atoms with Crippen molar-refractivity contribution < 1.29 is 0 Å². The van der Waals surface area contributed by atoms with Crippen LogP contribution in [0.5, 0.6) is 0 Å². The molecular formula is C13H14BrN5S. The summed E-state index contributed by atoms with van der Waals surface area (Å²) in [6.45, 7) is 4.20. The molecule has 0 saturated heterocycles. The van der Waals surface area contributed by atoms with Crippen molar-refractivity contribution in [3.63, 3.8) is 0 Å². The van der Waals surface area contributed by atoms with Crippen LogP contribution in [0.4, 0.5) is 5.95 Å². The Morgan fingerprint density at radius 1 is 1.40 bits per heavy atom. The van der Waals surface area contributed by atoms with E-state index in [1.807, 2.05) is 16.8 Å². The summed E-state index contributed by atoms with van der Waals surface area (Å²) < 4.78 is 2.82. The first kappa shape index (κ1) is 13.5. The van der Waals surface area contributed by atoms with E-state index in [4.69, 9.17) is 5.73 Å². The molecule has 3 aromatic rings. The third-order valence-corrected chi connectivity index (χ3v) is 4.93. The van der Waals surface area contributed by atoms with Crippen LogP contribution in [0.1, 0.15) is 29.8 Å². The maximum Gasteiger partial charge on any atom is 0.203 e. The van der Waals surface area contributed by atoms with E-state index in [1.165, 1.54) is 4.88 Å². The molecular weight excluding hydrogens is 338 g/mol. The average Bonchev–Trinajstić information content (AvgIpc) is 3.01. The molecule has 3 aromatic heterocycles. The molecule has 0 bridgehead atoms. The molecule has 0 aliphatic carbocycles. The van der Waals surface area contributed by atoms with E-state index in [1.54, 1.807) is 17.5 Å². The van der Waals surface area contributed by atoms with Gasteiger partial charge in [-0.1, -0.05) is 6.92 Å². The van der Waals surface area contributed by atoms with Crippen LogP contribution in [0, 0.1) is 0 Å². The Morgan fingerprint density at radius 3 is 2.90 bits per heavy atom. The molecule has 0 aromatic carbocycles. The summed E-state index contributed by atoms with van der Waals surface area (Å²) in [6.07, 6.45) is 4.68. The number of imidazole rings is 1. The Balaban J connectivity index is 2.11. The van der Waals surface area contributed by atoms with Gasteiger partial charge in [-0.25, -0.2) is 15.0 Å². The highest BCUT2D eigenvalue weighted by molar-refractivity contribution is 9.10. The summed E-state index contributed by atoms with van der Waals surface area (Å²) in [7, 11) is 0. The molecule has 20 heavy (non-hydrogen) atoms. The molecule has 7 heteroatoms. The largest absolute Gasteiger partial charge is 0.369 e. The highest BCUT2D eigenvalue weighted by atomic mass is 79.9. The Hall–Kier alpha value is -1.47. The van der Waals surface area contributed by atoms with Crippen LogP contribution < -0.4 is 5.73 Å². The third kappa shape index (κ3) is 2.20. The van der Waals surface area contributed by atoms with Crippen molar-refractivity contribution in [1.29, 1.82) is 0 Å². The first-order valence-corrected chi connectivity index (χ1v) is 7.94. The van der Waals surface area contributed by atoms with Crippen LogP contribution in [-0.4, -0.2) is 19.5 Å². The first-order valence-electron chi connectivity index (χ1n) is 6.33. The number of aryl methyl sites for hydroxylation is 1. The molecule has 0 radical (unpaired) electrons. The summed E-state index contributed by atoms with van der Waals surface area (Å²) in [4.78, 5) is 14.6. The lowest BCUT2D eigenvalue weighted by Gasteiger charge is -2.12. The fraction of sp³-hybridized carbons (Fsp3) is 0.308. The smallest absolute Gasteiger partial charge is 0.203 e. The van der Waals surface area contributed by atoms with E-state index in [2.05, 4.69) is 44.7 Å². The van der Waals surface area contributed by atoms with Crippen LogP contribution in [-0.2, 0) is 6.42 Å². The molecule has 2 N–H and O–H groups in total. The molecule has 0 amide bonds. The van der Waals surface area contributed by atoms with Crippen LogP contribution in [0.3, 0.4) is 0 Å². The quantitative estimate of drug-likeness (QED) is 0.784. The van der Waals surface area contributed by atoms with Gasteiger partial charge in [0.15, 0.2) is 5.65 Å². The van der Waals surface area contributed by atoms with Crippen molar-refractivity contribution in [2.45, 2.75) is 26.3 Å². The van der Waals surface area contributed by atoms with E-state index in [0.717, 1.165) is 27.1 Å². The van der Waals surface area contributed by atoms with Crippen LogP contribution >= 0.6 is 27.3 Å². The van der Waals surface area contributed by atoms with Crippen LogP contribution in [0.2, 0.25) is 0 Å². The molecule has 0 aliphatic heterocycles. The predicted molar refractivity (Wildman–Crippen MR) is 84.9 cm³/mol. The standard InChI is InChI=1S/C13H14BrN5S/c1-3-9-6-17-12(20-9)7(2)19-11-10(18-13(19)15)4-8(14)5-16-11/h4-7H,3H2,1-2H3,(H2,15,18). The molecule has 5 nitrogen and oxygen atoms in total. The van der Waals surface area contributed by atoms with Gasteiger partial charge < -0.3 is 5.73 Å². The Labute approximate surface area is 129 Å². The van der Waals surface area contributed by atoms with E-state index >= 15 is 0 Å². The lowest BCUT2D eigenvalue weighted by atomic mass is 10.3. The monoisotopic (exact) mass is 351 g/mol. The number of nitrogens with two attached hydrogens (primary N) is 1. The van der Waals surface area contributed by atoms with Gasteiger partial charge in [0.1, 0.15) is 10.5 Å². The lowest BCUT2D eigenvalue weighted by Crippen LogP contribution is -2.10. The van der Waals surface area contributed by atoms with E-state index in [-0.39, 0.29) is 6.04 Å². The minimum Gasteiger partial charge on any atom is -0.369 e. The number of pyridine rings is 1. The number of nitrogen functional groups attached to an aromatic ring is 1. The second kappa shape index (κ2) is 5.14. The number of thiazole rings is 1. The van der Waals surface area contributed by atoms with Gasteiger partial charge in [-0.3, -0.25) is 4.57 Å². The van der Waals surface area contributed by atoms with Crippen molar-refractivity contribution in [2.75, 3.05) is 5.73 Å². The van der Waals surface area contributed by atoms with Gasteiger partial charge in [0.05, 0.1) is 6.04 Å². The molecule has 1 atom stereocenters. The van der Waals surface area contributed by atoms with Gasteiger partial charge >= 0.3 is 0 Å². The summed E-state index contributed by atoms with van der Waals surface area (Å²) in [6, 6.07) is 1.94. The topological polar surface area (TPSA) is 69.6 Å². The summed E-state index contributed by atoms with van der Waals surface area (Å²) in [5, 5.41) is 1.03. The molecule has 3 rings (SSSR count). The third-order valence-electron chi connectivity index (χ3n) is 3.19. The van der Waals surface area contributed by atoms with E-state index < -0.39 is 0 Å². The maximum atomic E-state index is 6.05. The zero-order valence-corrected chi connectivity index (χ0v) is 13.6. The van der Waals surface area contributed by atoms with Gasteiger partial charge in [0.2, 0.25) is 5.95 Å². The second-order valence-corrected chi connectivity index (χ2v) is 6.59. The minimum atomic E-state index is 0.0268. The molecule has 0 fully saturated rings. The van der Waals surface area contributed by atoms with E-state index in [9.17, 15) is 0 Å². The summed E-state index contributed by atoms with van der Waals surface area (Å²) >= 11 is 5.11. The molecule has 0 aliphatic rings. The average molecular weight is 352 g/mol. The normalized spacial score (nSPS) is 12.9. The van der Waals surface area contributed by atoms with E-state index in [0.29, 0.717) is 5.95 Å². The van der Waals surface area contributed by atoms with Crippen molar-refractivity contribution in [1.82, 2.24) is 19.5 Å². The zero-order valence-electron chi connectivity index (χ0n) is 11.2. The highest BCUT2D eigenvalue weighted by Gasteiger charge is 2.19. The number of hydrogen-bond acceptors (Lipinski definition) is 5. The number of aromatic nitrogens is 4. The summed E-state index contributed by atoms with van der Waals surface area (Å²) in [5.41, 5.74) is 7.63. The molecule has 104 valence electrons. The van der Waals surface area contributed by atoms with Crippen molar-refractivity contribution in [3.05, 3.63) is 32.8 Å². The fourth-order valence-corrected chi connectivity index (χ4v) is 3.37. The van der Waals surface area contributed by atoms with Crippen molar-refractivity contribution in [2.24, 2.45) is 0 Å². The second-order valence-electron chi connectivity index (χ2n) is 4.53. The highest BCUT2D eigenvalue weighted by Crippen LogP contribution is 2.29. The van der Waals surface area contributed by atoms with Crippen LogP contribution in [0.15, 0.2) is 22.9 Å². The number of hydrogen-bond donors (Lipinski definition) is 1. The number of fused-ring (bicyclic) bond motifs is 1. The number of anilines is 1. The first-order chi connectivity index (χ1) is 9.60. The van der Waals surface area contributed by atoms with Gasteiger partial charge in [0, 0.05) is 21.7 Å². The van der Waals surface area contributed by atoms with Gasteiger partial charge in [-0.15, -0.1) is 11.3 Å². The maximum absolute atomic E-state index is 6.05. The Morgan fingerprint density at radius 2 is 2.20 bits per heavy atom. The van der Waals surface area contributed by atoms with Gasteiger partial charge in [-0.2, -0.15) is 0 Å². The fourth-order valence-electron chi connectivity index (χ4n) is 2.15. The zero-order chi connectivity index (χ0) is 14.3. The Kier molecular flexibility index (Phi) is 3.47. The molecule has 1 unspecified atom stereocenters. The minimum absolute atomic E-state index is 0.0268.